The summed E-state index contributed by atoms with van der Waals surface area (Å²) in [6.07, 6.45) is 4.56. The first kappa shape index (κ1) is 12.3. The summed E-state index contributed by atoms with van der Waals surface area (Å²) in [6, 6.07) is 2.25. The molecule has 0 aliphatic heterocycles. The smallest absolute Gasteiger partial charge is 0.225 e. The zero-order chi connectivity index (χ0) is 12.7. The molecule has 0 spiro atoms. The number of aromatic nitrogens is 2. The van der Waals surface area contributed by atoms with Gasteiger partial charge in [0.2, 0.25) is 5.95 Å². The summed E-state index contributed by atoms with van der Waals surface area (Å²) in [4.78, 5) is 10.7. The molecule has 1 aromatic heterocycles. The van der Waals surface area contributed by atoms with Gasteiger partial charge in [-0.05, 0) is 19.4 Å². The minimum absolute atomic E-state index is 0.0549. The highest BCUT2D eigenvalue weighted by Crippen LogP contribution is 2.53. The molecule has 0 radical (unpaired) electrons. The lowest BCUT2D eigenvalue weighted by molar-refractivity contribution is -0.172. The van der Waals surface area contributed by atoms with E-state index in [2.05, 4.69) is 42.7 Å². The molecule has 0 amide bonds. The largest absolute Gasteiger partial charge is 0.378 e. The van der Waals surface area contributed by atoms with Crippen LogP contribution in [0.3, 0.4) is 0 Å². The molecule has 2 unspecified atom stereocenters. The van der Waals surface area contributed by atoms with Gasteiger partial charge in [0.1, 0.15) is 0 Å². The van der Waals surface area contributed by atoms with E-state index in [4.69, 9.17) is 4.74 Å². The summed E-state index contributed by atoms with van der Waals surface area (Å²) < 4.78 is 5.64. The number of rotatable bonds is 3. The van der Waals surface area contributed by atoms with Crippen molar-refractivity contribution in [3.8, 4) is 0 Å². The lowest BCUT2D eigenvalue weighted by atomic mass is 9.55. The van der Waals surface area contributed by atoms with Crippen molar-refractivity contribution in [2.24, 2.45) is 5.41 Å². The van der Waals surface area contributed by atoms with E-state index in [0.29, 0.717) is 6.04 Å². The number of anilines is 1. The van der Waals surface area contributed by atoms with Crippen molar-refractivity contribution in [3.05, 3.63) is 18.5 Å². The minimum Gasteiger partial charge on any atom is -0.378 e. The molecule has 1 aliphatic rings. The molecule has 1 aromatic rings. The maximum absolute atomic E-state index is 5.64. The highest BCUT2D eigenvalue weighted by Gasteiger charge is 2.59. The van der Waals surface area contributed by atoms with E-state index in [9.17, 15) is 0 Å². The Bertz CT molecular complexity index is 393. The monoisotopic (exact) mass is 235 g/mol. The summed E-state index contributed by atoms with van der Waals surface area (Å²) >= 11 is 0. The predicted molar refractivity (Wildman–Crippen MR) is 68.0 cm³/mol. The number of ether oxygens (including phenoxy) is 1. The van der Waals surface area contributed by atoms with E-state index in [1.807, 2.05) is 6.07 Å². The molecular formula is C13H21N3O. The van der Waals surface area contributed by atoms with E-state index < -0.39 is 0 Å². The zero-order valence-corrected chi connectivity index (χ0v) is 11.3. The van der Waals surface area contributed by atoms with E-state index in [-0.39, 0.29) is 11.0 Å². The minimum atomic E-state index is -0.0549. The van der Waals surface area contributed by atoms with Crippen molar-refractivity contribution in [1.82, 2.24) is 9.97 Å². The zero-order valence-electron chi connectivity index (χ0n) is 11.3. The van der Waals surface area contributed by atoms with Crippen molar-refractivity contribution in [2.45, 2.75) is 38.8 Å². The first-order chi connectivity index (χ1) is 7.92. The lowest BCUT2D eigenvalue weighted by Crippen LogP contribution is -2.68. The van der Waals surface area contributed by atoms with Gasteiger partial charge in [-0.25, -0.2) is 9.97 Å². The molecule has 4 heteroatoms. The molecule has 0 aromatic carbocycles. The molecule has 1 fully saturated rings. The molecule has 4 nitrogen and oxygen atoms in total. The van der Waals surface area contributed by atoms with Gasteiger partial charge in [0.15, 0.2) is 0 Å². The third-order valence-electron chi connectivity index (χ3n) is 4.56. The quantitative estimate of drug-likeness (QED) is 0.804. The van der Waals surface area contributed by atoms with Crippen LogP contribution in [0.2, 0.25) is 0 Å². The fourth-order valence-electron chi connectivity index (χ4n) is 2.69. The van der Waals surface area contributed by atoms with Gasteiger partial charge in [-0.15, -0.1) is 0 Å². The van der Waals surface area contributed by atoms with E-state index in [1.54, 1.807) is 19.5 Å². The Balaban J connectivity index is 2.17. The Hall–Kier alpha value is -1.16. The molecule has 1 aliphatic carbocycles. The molecule has 2 rings (SSSR count). The SMILES string of the molecule is COC1(C)CC(N(C)c2ncccn2)C1(C)C. The standard InChI is InChI=1S/C13H21N3O/c1-12(2)10(9-13(12,3)17-5)16(4)11-14-7-6-8-15-11/h6-8,10H,9H2,1-5H3. The van der Waals surface area contributed by atoms with Crippen LogP contribution >= 0.6 is 0 Å². The highest BCUT2D eigenvalue weighted by atomic mass is 16.5. The van der Waals surface area contributed by atoms with Crippen LogP contribution in [-0.4, -0.2) is 35.8 Å². The van der Waals surface area contributed by atoms with E-state index in [1.165, 1.54) is 0 Å². The molecule has 1 heterocycles. The summed E-state index contributed by atoms with van der Waals surface area (Å²) in [7, 11) is 3.84. The van der Waals surface area contributed by atoms with Crippen LogP contribution in [0.5, 0.6) is 0 Å². The second-order valence-electron chi connectivity index (χ2n) is 5.54. The summed E-state index contributed by atoms with van der Waals surface area (Å²) in [6.45, 7) is 6.65. The van der Waals surface area contributed by atoms with Crippen LogP contribution in [0.15, 0.2) is 18.5 Å². The van der Waals surface area contributed by atoms with Gasteiger partial charge in [-0.1, -0.05) is 13.8 Å². The van der Waals surface area contributed by atoms with Gasteiger partial charge in [0.05, 0.1) is 5.60 Å². The van der Waals surface area contributed by atoms with Crippen LogP contribution in [0.4, 0.5) is 5.95 Å². The fourth-order valence-corrected chi connectivity index (χ4v) is 2.69. The Morgan fingerprint density at radius 1 is 1.29 bits per heavy atom. The van der Waals surface area contributed by atoms with E-state index >= 15 is 0 Å². The van der Waals surface area contributed by atoms with Crippen molar-refractivity contribution >= 4 is 5.95 Å². The predicted octanol–water partition coefficient (Wildman–Crippen LogP) is 2.12. The Kier molecular flexibility index (Phi) is 2.86. The van der Waals surface area contributed by atoms with Crippen molar-refractivity contribution in [2.75, 3.05) is 19.1 Å². The van der Waals surface area contributed by atoms with Gasteiger partial charge in [-0.2, -0.15) is 0 Å². The van der Waals surface area contributed by atoms with Crippen LogP contribution in [-0.2, 0) is 4.74 Å². The Morgan fingerprint density at radius 2 is 1.88 bits per heavy atom. The molecule has 0 N–H and O–H groups in total. The second kappa shape index (κ2) is 3.95. The van der Waals surface area contributed by atoms with Crippen molar-refractivity contribution in [3.63, 3.8) is 0 Å². The van der Waals surface area contributed by atoms with Gasteiger partial charge in [0, 0.05) is 38.0 Å². The van der Waals surface area contributed by atoms with Gasteiger partial charge < -0.3 is 9.64 Å². The van der Waals surface area contributed by atoms with Crippen molar-refractivity contribution in [1.29, 1.82) is 0 Å². The maximum Gasteiger partial charge on any atom is 0.225 e. The molecule has 1 saturated carbocycles. The molecule has 94 valence electrons. The summed E-state index contributed by atoms with van der Waals surface area (Å²) in [5.41, 5.74) is 0.0381. The number of methoxy groups -OCH3 is 1. The third-order valence-corrected chi connectivity index (χ3v) is 4.56. The average molecular weight is 235 g/mol. The average Bonchev–Trinajstić information content (AvgIpc) is 2.35. The molecular weight excluding hydrogens is 214 g/mol. The fraction of sp³-hybridized carbons (Fsp3) is 0.692. The molecule has 2 atom stereocenters. The number of hydrogen-bond acceptors (Lipinski definition) is 4. The summed E-state index contributed by atoms with van der Waals surface area (Å²) in [5.74, 6) is 0.781. The molecule has 0 saturated heterocycles. The molecule has 17 heavy (non-hydrogen) atoms. The second-order valence-corrected chi connectivity index (χ2v) is 5.54. The first-order valence-electron chi connectivity index (χ1n) is 5.97. The van der Waals surface area contributed by atoms with Crippen LogP contribution in [0.25, 0.3) is 0 Å². The van der Waals surface area contributed by atoms with Gasteiger partial charge in [-0.3, -0.25) is 0 Å². The molecule has 0 bridgehead atoms. The summed E-state index contributed by atoms with van der Waals surface area (Å²) in [5, 5.41) is 0. The van der Waals surface area contributed by atoms with Crippen LogP contribution in [0, 0.1) is 5.41 Å². The van der Waals surface area contributed by atoms with Crippen molar-refractivity contribution < 1.29 is 4.74 Å². The number of hydrogen-bond donors (Lipinski definition) is 0. The van der Waals surface area contributed by atoms with Crippen LogP contribution < -0.4 is 4.90 Å². The van der Waals surface area contributed by atoms with Gasteiger partial charge >= 0.3 is 0 Å². The maximum atomic E-state index is 5.64. The Labute approximate surface area is 103 Å². The van der Waals surface area contributed by atoms with Gasteiger partial charge in [0.25, 0.3) is 0 Å². The first-order valence-corrected chi connectivity index (χ1v) is 5.97. The highest BCUT2D eigenvalue weighted by molar-refractivity contribution is 5.34. The Morgan fingerprint density at radius 3 is 2.35 bits per heavy atom. The lowest BCUT2D eigenvalue weighted by Gasteiger charge is -2.61. The normalized spacial score (nSPS) is 30.8. The van der Waals surface area contributed by atoms with Crippen LogP contribution in [0.1, 0.15) is 27.2 Å². The topological polar surface area (TPSA) is 38.2 Å². The number of nitrogens with zero attached hydrogens (tertiary/aromatic N) is 3. The third kappa shape index (κ3) is 1.71. The van der Waals surface area contributed by atoms with E-state index in [0.717, 1.165) is 12.4 Å².